The minimum absolute atomic E-state index is 0.0806. The minimum atomic E-state index is -0.322. The number of anilines is 3. The van der Waals surface area contributed by atoms with E-state index in [9.17, 15) is 5.11 Å². The number of benzene rings is 2. The molecule has 3 atom stereocenters. The standard InChI is InChI=1S/C27H26N8O2/c1-15-9-16(3-8-24(15)37-18-5-7-21-19(11-18)31-14-34(21)2)32-26-25-20(29-13-30-26)12-28-27(33-25)35-17-4-6-22(35)23(36)10-17/h3,5,7-9,11-14,17,22-23,36H,4,6,10H2,1-2H3,(H,29,30,32)/t17-,22+,23+/m0/s1. The van der Waals surface area contributed by atoms with Gasteiger partial charge in [-0.25, -0.2) is 24.9 Å². The summed E-state index contributed by atoms with van der Waals surface area (Å²) in [5.41, 5.74) is 5.10. The predicted octanol–water partition coefficient (Wildman–Crippen LogP) is 4.25. The molecular formula is C27H26N8O2. The Labute approximate surface area is 213 Å². The van der Waals surface area contributed by atoms with Crippen molar-refractivity contribution in [3.8, 4) is 11.5 Å². The molecule has 0 saturated carbocycles. The quantitative estimate of drug-likeness (QED) is 0.370. The van der Waals surface area contributed by atoms with Crippen molar-refractivity contribution in [1.82, 2.24) is 29.5 Å². The maximum Gasteiger partial charge on any atom is 0.226 e. The third kappa shape index (κ3) is 3.72. The number of imidazole rings is 1. The fourth-order valence-corrected chi connectivity index (χ4v) is 5.61. The van der Waals surface area contributed by atoms with Gasteiger partial charge in [0.1, 0.15) is 28.9 Å². The lowest BCUT2D eigenvalue weighted by molar-refractivity contribution is 0.147. The highest BCUT2D eigenvalue weighted by Crippen LogP contribution is 2.40. The van der Waals surface area contributed by atoms with E-state index in [2.05, 4.69) is 30.2 Å². The number of hydrogen-bond acceptors (Lipinski definition) is 9. The van der Waals surface area contributed by atoms with E-state index in [0.29, 0.717) is 22.8 Å². The molecule has 2 aromatic carbocycles. The van der Waals surface area contributed by atoms with Crippen LogP contribution in [-0.2, 0) is 7.05 Å². The van der Waals surface area contributed by atoms with Crippen LogP contribution in [-0.4, -0.2) is 52.8 Å². The summed E-state index contributed by atoms with van der Waals surface area (Å²) in [6.07, 6.45) is 7.51. The van der Waals surface area contributed by atoms with Crippen LogP contribution in [0.1, 0.15) is 24.8 Å². The van der Waals surface area contributed by atoms with Crippen LogP contribution in [0.2, 0.25) is 0 Å². The molecule has 37 heavy (non-hydrogen) atoms. The molecule has 5 heterocycles. The molecule has 0 aliphatic carbocycles. The molecule has 0 spiro atoms. The number of aryl methyl sites for hydroxylation is 2. The van der Waals surface area contributed by atoms with Crippen molar-refractivity contribution in [2.24, 2.45) is 7.05 Å². The van der Waals surface area contributed by atoms with Gasteiger partial charge in [0.15, 0.2) is 5.82 Å². The van der Waals surface area contributed by atoms with E-state index in [0.717, 1.165) is 53.0 Å². The molecule has 2 aliphatic rings. The molecular weight excluding hydrogens is 468 g/mol. The summed E-state index contributed by atoms with van der Waals surface area (Å²) in [4.78, 5) is 24.8. The van der Waals surface area contributed by atoms with Crippen molar-refractivity contribution < 1.29 is 9.84 Å². The zero-order chi connectivity index (χ0) is 25.1. The molecule has 5 aromatic rings. The highest BCUT2D eigenvalue weighted by Gasteiger charge is 2.46. The lowest BCUT2D eigenvalue weighted by atomic mass is 9.98. The molecule has 0 unspecified atom stereocenters. The second kappa shape index (κ2) is 8.38. The van der Waals surface area contributed by atoms with Crippen LogP contribution in [0, 0.1) is 6.92 Å². The lowest BCUT2D eigenvalue weighted by Crippen LogP contribution is -2.33. The molecule has 10 heteroatoms. The summed E-state index contributed by atoms with van der Waals surface area (Å²) >= 11 is 0. The van der Waals surface area contributed by atoms with Crippen molar-refractivity contribution in [2.45, 2.75) is 44.4 Å². The summed E-state index contributed by atoms with van der Waals surface area (Å²) in [5, 5.41) is 13.7. The van der Waals surface area contributed by atoms with E-state index in [1.165, 1.54) is 6.33 Å². The van der Waals surface area contributed by atoms with Gasteiger partial charge in [-0.05, 0) is 62.1 Å². The summed E-state index contributed by atoms with van der Waals surface area (Å²) in [7, 11) is 1.97. The van der Waals surface area contributed by atoms with Gasteiger partial charge in [0.25, 0.3) is 0 Å². The van der Waals surface area contributed by atoms with Crippen LogP contribution in [0.5, 0.6) is 11.5 Å². The van der Waals surface area contributed by atoms with E-state index in [4.69, 9.17) is 9.72 Å². The van der Waals surface area contributed by atoms with Crippen molar-refractivity contribution in [2.75, 3.05) is 10.2 Å². The van der Waals surface area contributed by atoms with Crippen LogP contribution >= 0.6 is 0 Å². The Morgan fingerprint density at radius 3 is 2.76 bits per heavy atom. The largest absolute Gasteiger partial charge is 0.457 e. The average Bonchev–Trinajstić information content (AvgIpc) is 3.58. The number of rotatable bonds is 5. The van der Waals surface area contributed by atoms with Gasteiger partial charge in [-0.15, -0.1) is 0 Å². The smallest absolute Gasteiger partial charge is 0.226 e. The predicted molar refractivity (Wildman–Crippen MR) is 140 cm³/mol. The number of nitrogens with zero attached hydrogens (tertiary/aromatic N) is 7. The van der Waals surface area contributed by atoms with E-state index >= 15 is 0 Å². The van der Waals surface area contributed by atoms with Gasteiger partial charge < -0.3 is 24.6 Å². The van der Waals surface area contributed by atoms with E-state index in [1.54, 1.807) is 12.5 Å². The maximum absolute atomic E-state index is 10.4. The summed E-state index contributed by atoms with van der Waals surface area (Å²) in [6, 6.07) is 12.2. The molecule has 0 amide bonds. The van der Waals surface area contributed by atoms with Crippen LogP contribution in [0.15, 0.2) is 55.2 Å². The van der Waals surface area contributed by atoms with Crippen LogP contribution in [0.4, 0.5) is 17.5 Å². The van der Waals surface area contributed by atoms with Gasteiger partial charge in [0.2, 0.25) is 5.95 Å². The van der Waals surface area contributed by atoms with E-state index < -0.39 is 0 Å². The van der Waals surface area contributed by atoms with Crippen molar-refractivity contribution >= 4 is 39.5 Å². The van der Waals surface area contributed by atoms with Crippen LogP contribution in [0.25, 0.3) is 22.1 Å². The number of aliphatic hydroxyl groups is 1. The molecule has 2 aliphatic heterocycles. The Balaban J connectivity index is 1.15. The topological polar surface area (TPSA) is 114 Å². The second-order valence-electron chi connectivity index (χ2n) is 9.85. The third-order valence-corrected chi connectivity index (χ3v) is 7.46. The number of hydrogen-bond donors (Lipinski definition) is 2. The van der Waals surface area contributed by atoms with Gasteiger partial charge in [-0.1, -0.05) is 0 Å². The fraction of sp³-hybridized carbons (Fsp3) is 0.296. The SMILES string of the molecule is Cc1cc(Nc2ncnc3cnc(N4[C@H]5CC[C@@H]4[C@H](O)C5)nc23)ccc1Oc1ccc2c(c1)ncn2C. The Morgan fingerprint density at radius 2 is 1.95 bits per heavy atom. The molecule has 2 N–H and O–H groups in total. The molecule has 2 saturated heterocycles. The number of nitrogens with one attached hydrogen (secondary N) is 1. The van der Waals surface area contributed by atoms with Gasteiger partial charge in [0, 0.05) is 24.8 Å². The van der Waals surface area contributed by atoms with Crippen molar-refractivity contribution in [3.05, 3.63) is 60.8 Å². The lowest BCUT2D eigenvalue weighted by Gasteiger charge is -2.22. The van der Waals surface area contributed by atoms with Gasteiger partial charge in [-0.3, -0.25) is 0 Å². The molecule has 186 valence electrons. The first-order valence-electron chi connectivity index (χ1n) is 12.4. The van der Waals surface area contributed by atoms with Crippen LogP contribution < -0.4 is 15.0 Å². The van der Waals surface area contributed by atoms with Crippen molar-refractivity contribution in [1.29, 1.82) is 0 Å². The molecule has 0 radical (unpaired) electrons. The van der Waals surface area contributed by atoms with Gasteiger partial charge in [-0.2, -0.15) is 0 Å². The third-order valence-electron chi connectivity index (χ3n) is 7.46. The number of ether oxygens (including phenoxy) is 1. The highest BCUT2D eigenvalue weighted by molar-refractivity contribution is 5.87. The van der Waals surface area contributed by atoms with Crippen LogP contribution in [0.3, 0.4) is 0 Å². The first kappa shape index (κ1) is 21.9. The zero-order valence-electron chi connectivity index (χ0n) is 20.5. The van der Waals surface area contributed by atoms with E-state index in [1.807, 2.05) is 54.9 Å². The van der Waals surface area contributed by atoms with Gasteiger partial charge in [0.05, 0.1) is 35.7 Å². The first-order chi connectivity index (χ1) is 18.0. The molecule has 2 fully saturated rings. The Bertz CT molecular complexity index is 1650. The second-order valence-corrected chi connectivity index (χ2v) is 9.85. The van der Waals surface area contributed by atoms with Gasteiger partial charge >= 0.3 is 0 Å². The minimum Gasteiger partial charge on any atom is -0.457 e. The fourth-order valence-electron chi connectivity index (χ4n) is 5.61. The van der Waals surface area contributed by atoms with Crippen molar-refractivity contribution in [3.63, 3.8) is 0 Å². The Morgan fingerprint density at radius 1 is 1.03 bits per heavy atom. The maximum atomic E-state index is 10.4. The summed E-state index contributed by atoms with van der Waals surface area (Å²) in [5.74, 6) is 2.73. The summed E-state index contributed by atoms with van der Waals surface area (Å²) < 4.78 is 8.14. The number of aromatic nitrogens is 6. The molecule has 2 bridgehead atoms. The first-order valence-corrected chi connectivity index (χ1v) is 12.4. The monoisotopic (exact) mass is 494 g/mol. The number of aliphatic hydroxyl groups excluding tert-OH is 1. The molecule has 7 rings (SSSR count). The molecule has 3 aromatic heterocycles. The Hall–Kier alpha value is -4.31. The summed E-state index contributed by atoms with van der Waals surface area (Å²) in [6.45, 7) is 2.01. The Kier molecular flexibility index (Phi) is 4.97. The molecule has 10 nitrogen and oxygen atoms in total. The van der Waals surface area contributed by atoms with E-state index in [-0.39, 0.29) is 18.2 Å². The normalized spacial score (nSPS) is 20.7. The number of fused-ring (bicyclic) bond motifs is 4. The highest BCUT2D eigenvalue weighted by atomic mass is 16.5. The average molecular weight is 495 g/mol. The zero-order valence-corrected chi connectivity index (χ0v) is 20.5.